The molecule has 1 aromatic carbocycles. The lowest BCUT2D eigenvalue weighted by molar-refractivity contribution is 0.360. The van der Waals surface area contributed by atoms with Gasteiger partial charge in [-0.15, -0.1) is 0 Å². The highest BCUT2D eigenvalue weighted by Crippen LogP contribution is 2.27. The quantitative estimate of drug-likeness (QED) is 0.106. The molecule has 0 aliphatic carbocycles. The first kappa shape index (κ1) is 74.7. The molecule has 280 valence electrons. The highest BCUT2D eigenvalue weighted by molar-refractivity contribution is 6.87. The van der Waals surface area contributed by atoms with E-state index in [9.17, 15) is 28.8 Å². The van der Waals surface area contributed by atoms with Crippen LogP contribution in [-0.4, -0.2) is 70.6 Å². The van der Waals surface area contributed by atoms with Crippen molar-refractivity contribution < 1.29 is 28.8 Å². The third kappa shape index (κ3) is 32.0. The summed E-state index contributed by atoms with van der Waals surface area (Å²) >= 11 is 0. The van der Waals surface area contributed by atoms with E-state index in [2.05, 4.69) is 0 Å². The lowest BCUT2D eigenvalue weighted by atomic mass is 10.4. The monoisotopic (exact) mass is 725 g/mol. The molecule has 4 atom stereocenters. The molecule has 44 heavy (non-hydrogen) atoms. The Kier molecular flexibility index (Phi) is 56.0. The second-order valence-electron chi connectivity index (χ2n) is 10.8. The van der Waals surface area contributed by atoms with Crippen LogP contribution in [0.25, 0.3) is 0 Å². The third-order valence-electron chi connectivity index (χ3n) is 7.33. The first-order valence-electron chi connectivity index (χ1n) is 12.9. The van der Waals surface area contributed by atoms with Gasteiger partial charge in [0.15, 0.2) is 25.0 Å². The second-order valence-corrected chi connectivity index (χ2v) is 30.2. The molecule has 6 nitrogen and oxygen atoms in total. The number of benzene rings is 1. The maximum atomic E-state index is 11.0. The lowest BCUT2D eigenvalue weighted by Crippen LogP contribution is -2.49. The molecule has 0 aliphatic rings. The van der Waals surface area contributed by atoms with E-state index in [0.29, 0.717) is 18.1 Å². The Balaban J connectivity index is -0.0000000493. The fourth-order valence-electron chi connectivity index (χ4n) is 3.41. The minimum Gasteiger partial charge on any atom is -0.432 e. The summed E-state index contributed by atoms with van der Waals surface area (Å²) in [7, 11) is -11.9. The van der Waals surface area contributed by atoms with Gasteiger partial charge in [0.05, 0.1) is 0 Å². The predicted molar refractivity (Wildman–Crippen MR) is 224 cm³/mol. The van der Waals surface area contributed by atoms with Gasteiger partial charge < -0.3 is 28.8 Å². The van der Waals surface area contributed by atoms with Gasteiger partial charge in [-0.1, -0.05) is 132 Å². The van der Waals surface area contributed by atoms with Crippen molar-refractivity contribution >= 4 is 47.0 Å². The molecule has 11 heteroatoms. The summed E-state index contributed by atoms with van der Waals surface area (Å²) < 4.78 is 0. The molecule has 1 aromatic rings. The van der Waals surface area contributed by atoms with Crippen molar-refractivity contribution in [3.8, 4) is 0 Å². The van der Waals surface area contributed by atoms with Crippen molar-refractivity contribution in [2.24, 2.45) is 0 Å². The van der Waals surface area contributed by atoms with Gasteiger partial charge in [-0.05, 0) is 85.3 Å². The zero-order valence-electron chi connectivity index (χ0n) is 22.6. The minimum absolute atomic E-state index is 0. The van der Waals surface area contributed by atoms with Crippen LogP contribution >= 0.6 is 0 Å². The second kappa shape index (κ2) is 33.0. The van der Waals surface area contributed by atoms with Crippen LogP contribution in [0.2, 0.25) is 80.1 Å². The number of hydrogen-bond acceptors (Lipinski definition) is 6. The molecule has 0 heterocycles. The van der Waals surface area contributed by atoms with Crippen LogP contribution in [0.3, 0.4) is 0 Å². The maximum Gasteiger partial charge on any atom is 0.332 e. The molecule has 0 aromatic heterocycles. The van der Waals surface area contributed by atoms with Crippen LogP contribution in [0.1, 0.15) is 102 Å². The first-order valence-corrected chi connectivity index (χ1v) is 26.1. The van der Waals surface area contributed by atoms with Crippen molar-refractivity contribution in [1.29, 1.82) is 0 Å². The first-order chi connectivity index (χ1) is 15.5. The van der Waals surface area contributed by atoms with E-state index in [0.717, 1.165) is 47.5 Å². The fourth-order valence-corrected chi connectivity index (χ4v) is 18.5. The van der Waals surface area contributed by atoms with Crippen molar-refractivity contribution in [2.45, 2.75) is 182 Å². The highest BCUT2D eigenvalue weighted by atomic mass is 28.4. The maximum absolute atomic E-state index is 11.0. The Morgan fingerprint density at radius 2 is 0.727 bits per heavy atom. The van der Waals surface area contributed by atoms with Crippen molar-refractivity contribution in [3.05, 3.63) is 30.3 Å². The summed E-state index contributed by atoms with van der Waals surface area (Å²) in [5.74, 6) is 0. The van der Waals surface area contributed by atoms with Crippen molar-refractivity contribution in [2.75, 3.05) is 0 Å². The topological polar surface area (TPSA) is 121 Å². The third-order valence-corrected chi connectivity index (χ3v) is 23.0. The van der Waals surface area contributed by atoms with Crippen molar-refractivity contribution in [3.63, 3.8) is 0 Å². The Bertz CT molecular complexity index is 677. The van der Waals surface area contributed by atoms with Crippen LogP contribution in [0.4, 0.5) is 0 Å². The summed E-state index contributed by atoms with van der Waals surface area (Å²) in [6.07, 6.45) is 0. The Morgan fingerprint density at radius 3 is 1.05 bits per heavy atom. The summed E-state index contributed by atoms with van der Waals surface area (Å²) in [5.41, 5.74) is 0. The molecule has 6 N–H and O–H groups in total. The molecule has 0 saturated heterocycles. The molecular formula is C33H92O6Si5. The lowest BCUT2D eigenvalue weighted by Gasteiger charge is -2.30. The normalized spacial score (nSPS) is 14.8. The molecule has 0 bridgehead atoms. The van der Waals surface area contributed by atoms with Gasteiger partial charge >= 0.3 is 8.56 Å². The zero-order chi connectivity index (χ0) is 26.7. The molecule has 0 radical (unpaired) electrons. The van der Waals surface area contributed by atoms with Crippen LogP contribution in [0, 0.1) is 0 Å². The van der Waals surface area contributed by atoms with Gasteiger partial charge in [-0.2, -0.15) is 0 Å². The van der Waals surface area contributed by atoms with Gasteiger partial charge in [0.25, 0.3) is 0 Å². The zero-order valence-corrected chi connectivity index (χ0v) is 27.6. The smallest absolute Gasteiger partial charge is 0.332 e. The van der Waals surface area contributed by atoms with E-state index >= 15 is 0 Å². The van der Waals surface area contributed by atoms with Gasteiger partial charge in [-0.25, -0.2) is 0 Å². The molecular weight excluding hydrogens is 633 g/mol. The molecule has 1 rings (SSSR count). The van der Waals surface area contributed by atoms with Crippen LogP contribution in [0.5, 0.6) is 0 Å². The summed E-state index contributed by atoms with van der Waals surface area (Å²) in [4.78, 5) is 60.5. The molecule has 0 amide bonds. The summed E-state index contributed by atoms with van der Waals surface area (Å²) in [5, 5.41) is 1.07. The van der Waals surface area contributed by atoms with E-state index in [4.69, 9.17) is 0 Å². The molecule has 0 spiro atoms. The number of hydrogen-bond donors (Lipinski definition) is 6. The van der Waals surface area contributed by atoms with Gasteiger partial charge in [-0.3, -0.25) is 0 Å². The molecule has 0 saturated carbocycles. The number of rotatable bonds is 14. The largest absolute Gasteiger partial charge is 0.432 e. The van der Waals surface area contributed by atoms with Crippen LogP contribution in [-0.2, 0) is 0 Å². The van der Waals surface area contributed by atoms with Gasteiger partial charge in [0.2, 0.25) is 8.32 Å². The van der Waals surface area contributed by atoms with E-state index in [1.54, 1.807) is 6.92 Å². The summed E-state index contributed by atoms with van der Waals surface area (Å²) in [6.45, 7) is 13.6. The Morgan fingerprint density at radius 1 is 0.409 bits per heavy atom. The molecule has 0 fully saturated rings. The van der Waals surface area contributed by atoms with Gasteiger partial charge in [0.1, 0.15) is 0 Å². The van der Waals surface area contributed by atoms with E-state index in [-0.39, 0.29) is 74.3 Å². The predicted octanol–water partition coefficient (Wildman–Crippen LogP) is 10.4. The molecule has 0 aliphatic heterocycles. The SMILES string of the molecule is C.C.C.C.C.C.C.C.C.C.CC[Si](C)(O)CC[Si](C)(O)CC[Si](O)(CC)c1ccccc1.CC[Si](C)(O)CC[Si](O)(O)CC. The van der Waals surface area contributed by atoms with E-state index < -0.39 is 41.8 Å². The Hall–Kier alpha value is 0.0644. The fraction of sp³-hybridized carbons (Fsp3) is 0.818. The van der Waals surface area contributed by atoms with Crippen LogP contribution in [0.15, 0.2) is 30.3 Å². The highest BCUT2D eigenvalue weighted by Gasteiger charge is 2.37. The van der Waals surface area contributed by atoms with Crippen molar-refractivity contribution in [1.82, 2.24) is 0 Å². The standard InChI is InChI=1S/C16H32O3Si3.C7H20O3Si2.10CH4/c1-5-20(3,17)12-13-21(4,18)14-15-22(19,6-2)16-10-8-7-9-11-16;1-4-11(3,8)6-7-12(9,10)5-2;;;;;;;;;;/h7-11,17-19H,5-6,12-15H2,1-4H3;8-10H,4-7H2,1-3H3;10*1H4. The Labute approximate surface area is 287 Å². The van der Waals surface area contributed by atoms with E-state index in [1.165, 1.54) is 0 Å². The van der Waals surface area contributed by atoms with E-state index in [1.807, 2.05) is 70.7 Å². The minimum atomic E-state index is -2.93. The molecule has 4 unspecified atom stereocenters. The van der Waals surface area contributed by atoms with Crippen LogP contribution < -0.4 is 5.19 Å². The average Bonchev–Trinajstić information content (AvgIpc) is 2.81. The summed E-state index contributed by atoms with van der Waals surface area (Å²) in [6, 6.07) is 16.9. The van der Waals surface area contributed by atoms with Gasteiger partial charge in [0, 0.05) is 0 Å². The average molecular weight is 726 g/mol.